The second kappa shape index (κ2) is 10.2. The molecule has 0 bridgehead atoms. The maximum atomic E-state index is 13.2. The Kier molecular flexibility index (Phi) is 7.58. The molecule has 2 aliphatic rings. The molecule has 3 aromatic rings. The molecule has 0 spiro atoms. The van der Waals surface area contributed by atoms with Gasteiger partial charge in [-0.25, -0.2) is 0 Å². The number of H-pyrrole nitrogens is 2. The van der Waals surface area contributed by atoms with Gasteiger partial charge in [0.1, 0.15) is 5.52 Å². The molecule has 2 aromatic heterocycles. The molecule has 32 heavy (non-hydrogen) atoms. The molecular formula is C23H29ClN4O4. The maximum absolute atomic E-state index is 13.2. The lowest BCUT2D eigenvalue weighted by Crippen LogP contribution is -2.42. The standard InChI is InChI=1S/C20H22N4O2.C3H6O2.ClH/c25-19-18-15(7-9-22-18)16-10-12(3-6-17(16)23-19)20(26)24(14-4-5-14)11-13-2-1-8-21-13;1-2-3(4)5;/h3,6-7,9-10,13-14,21-22H,1-2,4-5,8,11H2,(H,23,25);2H2,1H3,(H,4,5);1H/t13-;;/m0../s1. The molecular weight excluding hydrogens is 432 g/mol. The van der Waals surface area contributed by atoms with E-state index in [9.17, 15) is 14.4 Å². The van der Waals surface area contributed by atoms with Crippen LogP contribution in [0.25, 0.3) is 21.8 Å². The van der Waals surface area contributed by atoms with E-state index in [1.54, 1.807) is 13.1 Å². The summed E-state index contributed by atoms with van der Waals surface area (Å²) < 4.78 is 0. The van der Waals surface area contributed by atoms with Crippen molar-refractivity contribution >= 4 is 46.1 Å². The van der Waals surface area contributed by atoms with Crippen LogP contribution in [0.1, 0.15) is 49.4 Å². The van der Waals surface area contributed by atoms with E-state index < -0.39 is 5.97 Å². The molecule has 9 heteroatoms. The largest absolute Gasteiger partial charge is 0.481 e. The fourth-order valence-corrected chi connectivity index (χ4v) is 4.08. The summed E-state index contributed by atoms with van der Waals surface area (Å²) in [5.41, 5.74) is 1.87. The summed E-state index contributed by atoms with van der Waals surface area (Å²) in [5, 5.41) is 13.0. The topological polar surface area (TPSA) is 118 Å². The van der Waals surface area contributed by atoms with Gasteiger partial charge in [0.05, 0.1) is 0 Å². The molecule has 1 aliphatic carbocycles. The molecule has 5 rings (SSSR count). The molecule has 3 heterocycles. The third-order valence-corrected chi connectivity index (χ3v) is 5.91. The van der Waals surface area contributed by atoms with Crippen LogP contribution < -0.4 is 10.9 Å². The minimum absolute atomic E-state index is 0. The second-order valence-electron chi connectivity index (χ2n) is 8.21. The number of carboxylic acids is 1. The Labute approximate surface area is 191 Å². The number of aliphatic carboxylic acids is 1. The van der Waals surface area contributed by atoms with Crippen LogP contribution in [0.4, 0.5) is 0 Å². The molecule has 172 valence electrons. The highest BCUT2D eigenvalue weighted by atomic mass is 35.5. The normalized spacial score (nSPS) is 17.5. The Morgan fingerprint density at radius 2 is 1.91 bits per heavy atom. The second-order valence-corrected chi connectivity index (χ2v) is 8.21. The number of amides is 1. The van der Waals surface area contributed by atoms with Gasteiger partial charge >= 0.3 is 5.97 Å². The Hall–Kier alpha value is -2.84. The van der Waals surface area contributed by atoms with Gasteiger partial charge in [0.15, 0.2) is 0 Å². The van der Waals surface area contributed by atoms with Gasteiger partial charge in [0, 0.05) is 53.1 Å². The van der Waals surface area contributed by atoms with Crippen molar-refractivity contribution in [2.45, 2.75) is 51.1 Å². The van der Waals surface area contributed by atoms with Gasteiger partial charge in [-0.3, -0.25) is 14.4 Å². The van der Waals surface area contributed by atoms with E-state index >= 15 is 0 Å². The summed E-state index contributed by atoms with van der Waals surface area (Å²) in [7, 11) is 0. The molecule has 1 saturated heterocycles. The van der Waals surface area contributed by atoms with Crippen molar-refractivity contribution in [2.24, 2.45) is 0 Å². The Balaban J connectivity index is 0.000000438. The molecule has 1 aromatic carbocycles. The lowest BCUT2D eigenvalue weighted by atomic mass is 10.1. The summed E-state index contributed by atoms with van der Waals surface area (Å²) in [6.45, 7) is 3.43. The molecule has 8 nitrogen and oxygen atoms in total. The van der Waals surface area contributed by atoms with Crippen molar-refractivity contribution in [1.82, 2.24) is 20.2 Å². The summed E-state index contributed by atoms with van der Waals surface area (Å²) in [4.78, 5) is 42.6. The van der Waals surface area contributed by atoms with E-state index in [-0.39, 0.29) is 30.3 Å². The first-order chi connectivity index (χ1) is 15.0. The first-order valence-corrected chi connectivity index (χ1v) is 10.9. The van der Waals surface area contributed by atoms with E-state index in [0.29, 0.717) is 23.2 Å². The lowest BCUT2D eigenvalue weighted by Gasteiger charge is -2.26. The monoisotopic (exact) mass is 460 g/mol. The molecule has 1 amide bonds. The van der Waals surface area contributed by atoms with Crippen LogP contribution in [0.2, 0.25) is 0 Å². The van der Waals surface area contributed by atoms with E-state index in [4.69, 9.17) is 5.11 Å². The highest BCUT2D eigenvalue weighted by molar-refractivity contribution is 6.07. The van der Waals surface area contributed by atoms with Gasteiger partial charge in [-0.1, -0.05) is 6.92 Å². The number of hydrogen-bond donors (Lipinski definition) is 4. The highest BCUT2D eigenvalue weighted by Crippen LogP contribution is 2.30. The van der Waals surface area contributed by atoms with Crippen LogP contribution in [0.3, 0.4) is 0 Å². The van der Waals surface area contributed by atoms with Crippen molar-refractivity contribution in [2.75, 3.05) is 13.1 Å². The molecule has 0 radical (unpaired) electrons. The maximum Gasteiger partial charge on any atom is 0.303 e. The van der Waals surface area contributed by atoms with Gasteiger partial charge in [-0.2, -0.15) is 0 Å². The summed E-state index contributed by atoms with van der Waals surface area (Å²) >= 11 is 0. The number of nitrogens with zero attached hydrogens (tertiary/aromatic N) is 1. The van der Waals surface area contributed by atoms with Crippen molar-refractivity contribution in [1.29, 1.82) is 0 Å². The van der Waals surface area contributed by atoms with Gasteiger partial charge in [-0.15, -0.1) is 12.4 Å². The first-order valence-electron chi connectivity index (χ1n) is 10.9. The fraction of sp³-hybridized carbons (Fsp3) is 0.435. The quantitative estimate of drug-likeness (QED) is 0.466. The van der Waals surface area contributed by atoms with Crippen molar-refractivity contribution in [3.8, 4) is 0 Å². The SMILES string of the molecule is CCC(=O)O.Cl.O=C(c1ccc2[nH]c(=O)c3[nH]ccc3c2c1)N(C[C@@H]1CCCN1)C1CC1. The lowest BCUT2D eigenvalue weighted by molar-refractivity contribution is -0.136. The fourth-order valence-electron chi connectivity index (χ4n) is 4.08. The number of aromatic nitrogens is 2. The van der Waals surface area contributed by atoms with Crippen LogP contribution in [0.15, 0.2) is 35.3 Å². The number of carboxylic acid groups (broad SMARTS) is 1. The number of pyridine rings is 1. The highest BCUT2D eigenvalue weighted by Gasteiger charge is 2.35. The van der Waals surface area contributed by atoms with Gasteiger partial charge in [0.2, 0.25) is 0 Å². The Bertz CT molecular complexity index is 1160. The van der Waals surface area contributed by atoms with E-state index in [1.807, 2.05) is 29.2 Å². The number of carbonyl (C=O) groups excluding carboxylic acids is 1. The van der Waals surface area contributed by atoms with Crippen LogP contribution in [0, 0.1) is 0 Å². The molecule has 0 unspecified atom stereocenters. The van der Waals surface area contributed by atoms with Gasteiger partial charge in [0.25, 0.3) is 11.5 Å². The molecule has 4 N–H and O–H groups in total. The first kappa shape index (κ1) is 23.8. The minimum atomic E-state index is -0.745. The molecule has 2 fully saturated rings. The Morgan fingerprint density at radius 1 is 1.16 bits per heavy atom. The zero-order valence-corrected chi connectivity index (χ0v) is 18.8. The van der Waals surface area contributed by atoms with E-state index in [0.717, 1.165) is 48.6 Å². The average Bonchev–Trinajstić information content (AvgIpc) is 3.25. The molecule has 1 aliphatic heterocycles. The van der Waals surface area contributed by atoms with E-state index in [2.05, 4.69) is 15.3 Å². The van der Waals surface area contributed by atoms with Crippen molar-refractivity contribution in [3.05, 3.63) is 46.4 Å². The Morgan fingerprint density at radius 3 is 2.53 bits per heavy atom. The third kappa shape index (κ3) is 5.14. The number of hydrogen-bond acceptors (Lipinski definition) is 4. The smallest absolute Gasteiger partial charge is 0.303 e. The van der Waals surface area contributed by atoms with Crippen LogP contribution in [0.5, 0.6) is 0 Å². The van der Waals surface area contributed by atoms with Crippen molar-refractivity contribution < 1.29 is 14.7 Å². The summed E-state index contributed by atoms with van der Waals surface area (Å²) in [5.74, 6) is -0.650. The number of fused-ring (bicyclic) bond motifs is 3. The predicted octanol–water partition coefficient (Wildman–Crippen LogP) is 3.27. The minimum Gasteiger partial charge on any atom is -0.481 e. The zero-order valence-electron chi connectivity index (χ0n) is 18.0. The van der Waals surface area contributed by atoms with Gasteiger partial charge < -0.3 is 25.3 Å². The van der Waals surface area contributed by atoms with Crippen LogP contribution >= 0.6 is 12.4 Å². The number of nitrogens with one attached hydrogen (secondary N) is 3. The number of benzene rings is 1. The predicted molar refractivity (Wildman–Crippen MR) is 127 cm³/mol. The summed E-state index contributed by atoms with van der Waals surface area (Å²) in [6, 6.07) is 8.27. The summed E-state index contributed by atoms with van der Waals surface area (Å²) in [6.07, 6.45) is 6.50. The molecule has 1 saturated carbocycles. The number of rotatable bonds is 5. The third-order valence-electron chi connectivity index (χ3n) is 5.91. The number of carbonyl (C=O) groups is 2. The van der Waals surface area contributed by atoms with Crippen LogP contribution in [-0.2, 0) is 4.79 Å². The van der Waals surface area contributed by atoms with E-state index in [1.165, 1.54) is 6.42 Å². The molecule has 1 atom stereocenters. The number of halogens is 1. The van der Waals surface area contributed by atoms with Gasteiger partial charge in [-0.05, 0) is 56.5 Å². The number of aromatic amines is 2. The zero-order chi connectivity index (χ0) is 22.0. The van der Waals surface area contributed by atoms with Crippen molar-refractivity contribution in [3.63, 3.8) is 0 Å². The average molecular weight is 461 g/mol. The van der Waals surface area contributed by atoms with Crippen LogP contribution in [-0.4, -0.2) is 57.0 Å².